The number of carbonyl (C=O) groups excluding carboxylic acids is 1. The highest BCUT2D eigenvalue weighted by molar-refractivity contribution is 6.32. The highest BCUT2D eigenvalue weighted by Gasteiger charge is 2.16. The Morgan fingerprint density at radius 2 is 1.89 bits per heavy atom. The van der Waals surface area contributed by atoms with Crippen LogP contribution in [0.15, 0.2) is 24.3 Å². The van der Waals surface area contributed by atoms with Crippen molar-refractivity contribution in [3.05, 3.63) is 29.8 Å². The Hall–Kier alpha value is -1.13. The largest absolute Gasteiger partial charge is 0.393 e. The fraction of sp³-hybridized carbons (Fsp3) is 0.533. The Morgan fingerprint density at radius 3 is 2.53 bits per heavy atom. The van der Waals surface area contributed by atoms with Crippen molar-refractivity contribution in [1.82, 2.24) is 4.90 Å². The summed E-state index contributed by atoms with van der Waals surface area (Å²) in [4.78, 5) is 14.3. The number of hydrogen-bond donors (Lipinski definition) is 1. The number of hydrogen-bond acceptors (Lipinski definition) is 3. The number of piperidine rings is 1. The summed E-state index contributed by atoms with van der Waals surface area (Å²) < 4.78 is 0. The van der Waals surface area contributed by atoms with Crippen LogP contribution in [0.4, 0.5) is 0 Å². The van der Waals surface area contributed by atoms with Crippen LogP contribution in [0, 0.1) is 0 Å². The average Bonchev–Trinajstić information content (AvgIpc) is 2.41. The molecule has 0 atom stereocenters. The van der Waals surface area contributed by atoms with Gasteiger partial charge in [-0.25, -0.2) is 0 Å². The summed E-state index contributed by atoms with van der Waals surface area (Å²) in [5.74, 6) is 0.178. The first kappa shape index (κ1) is 14.3. The third-order valence-corrected chi connectivity index (χ3v) is 3.67. The number of benzene rings is 1. The summed E-state index contributed by atoms with van der Waals surface area (Å²) in [5, 5.41) is 9.42. The van der Waals surface area contributed by atoms with Crippen molar-refractivity contribution in [2.75, 3.05) is 19.6 Å². The van der Waals surface area contributed by atoms with Gasteiger partial charge in [0, 0.05) is 25.1 Å². The topological polar surface area (TPSA) is 40.5 Å². The summed E-state index contributed by atoms with van der Waals surface area (Å²) in [6.45, 7) is 2.82. The Kier molecular flexibility index (Phi) is 5.17. The van der Waals surface area contributed by atoms with E-state index in [1.165, 1.54) is 0 Å². The van der Waals surface area contributed by atoms with Gasteiger partial charge in [-0.2, -0.15) is 0 Å². The Morgan fingerprint density at radius 1 is 1.26 bits per heavy atom. The van der Waals surface area contributed by atoms with Crippen molar-refractivity contribution < 1.29 is 9.90 Å². The minimum atomic E-state index is -0.132. The van der Waals surface area contributed by atoms with Crippen molar-refractivity contribution in [2.45, 2.75) is 31.8 Å². The molecule has 0 unspecified atom stereocenters. The third-order valence-electron chi connectivity index (χ3n) is 3.67. The number of ketones is 1. The molecule has 1 saturated heterocycles. The average molecular weight is 257 g/mol. The number of aliphatic hydroxyl groups is 1. The molecule has 3 nitrogen and oxygen atoms in total. The molecule has 1 heterocycles. The van der Waals surface area contributed by atoms with Gasteiger partial charge in [-0.05, 0) is 25.8 Å². The zero-order chi connectivity index (χ0) is 13.7. The molecule has 1 N–H and O–H groups in total. The fourth-order valence-electron chi connectivity index (χ4n) is 2.42. The van der Waals surface area contributed by atoms with Crippen LogP contribution in [0.3, 0.4) is 0 Å². The molecule has 0 amide bonds. The Labute approximate surface area is 116 Å². The van der Waals surface area contributed by atoms with Crippen molar-refractivity contribution in [1.29, 1.82) is 0 Å². The van der Waals surface area contributed by atoms with Gasteiger partial charge in [-0.1, -0.05) is 29.7 Å². The van der Waals surface area contributed by atoms with E-state index in [0.717, 1.165) is 44.5 Å². The van der Waals surface area contributed by atoms with E-state index in [-0.39, 0.29) is 11.9 Å². The van der Waals surface area contributed by atoms with Crippen LogP contribution in [0.25, 0.3) is 0 Å². The fourth-order valence-corrected chi connectivity index (χ4v) is 2.42. The van der Waals surface area contributed by atoms with Crippen LogP contribution in [-0.4, -0.2) is 49.4 Å². The molecule has 1 aromatic rings. The lowest BCUT2D eigenvalue weighted by atomic mass is 9.94. The van der Waals surface area contributed by atoms with E-state index in [9.17, 15) is 9.90 Å². The third kappa shape index (κ3) is 4.48. The molecule has 19 heavy (non-hydrogen) atoms. The Balaban J connectivity index is 1.70. The van der Waals surface area contributed by atoms with Gasteiger partial charge in [0.25, 0.3) is 0 Å². The quantitative estimate of drug-likeness (QED) is 0.629. The summed E-state index contributed by atoms with van der Waals surface area (Å²) >= 11 is 0. The zero-order valence-electron chi connectivity index (χ0n) is 11.2. The summed E-state index contributed by atoms with van der Waals surface area (Å²) in [5.41, 5.74) is 1.42. The molecule has 0 spiro atoms. The molecule has 1 aliphatic heterocycles. The highest BCUT2D eigenvalue weighted by atomic mass is 16.3. The molecule has 0 bridgehead atoms. The predicted molar refractivity (Wildman–Crippen MR) is 77.1 cm³/mol. The molecule has 4 heteroatoms. The molecular weight excluding hydrogens is 237 g/mol. The van der Waals surface area contributed by atoms with Gasteiger partial charge in [0.15, 0.2) is 5.78 Å². The molecule has 0 saturated carbocycles. The van der Waals surface area contributed by atoms with Crippen LogP contribution < -0.4 is 5.46 Å². The second-order valence-corrected chi connectivity index (χ2v) is 5.22. The summed E-state index contributed by atoms with van der Waals surface area (Å²) in [6.07, 6.45) is 3.02. The van der Waals surface area contributed by atoms with Gasteiger partial charge in [0.1, 0.15) is 7.85 Å². The van der Waals surface area contributed by atoms with E-state index in [0.29, 0.717) is 11.9 Å². The summed E-state index contributed by atoms with van der Waals surface area (Å²) in [7, 11) is 5.60. The number of nitrogens with zero attached hydrogens (tertiary/aromatic N) is 1. The Bertz CT molecular complexity index is 411. The number of aliphatic hydroxyl groups excluding tert-OH is 1. The van der Waals surface area contributed by atoms with Crippen LogP contribution in [-0.2, 0) is 0 Å². The maximum Gasteiger partial charge on any atom is 0.162 e. The van der Waals surface area contributed by atoms with Crippen LogP contribution in [0.1, 0.15) is 36.0 Å². The summed E-state index contributed by atoms with van der Waals surface area (Å²) in [6, 6.07) is 7.10. The molecule has 1 fully saturated rings. The standard InChI is InChI=1S/C15H20BNO2/c16-13-5-3-12(4-6-13)15(19)2-1-9-17-10-7-14(18)8-11-17/h3-6,14,18H,1-2,7-11H2. The molecular formula is C15H20BNO2. The first-order valence-corrected chi connectivity index (χ1v) is 6.94. The molecule has 2 radical (unpaired) electrons. The van der Waals surface area contributed by atoms with Gasteiger partial charge >= 0.3 is 0 Å². The van der Waals surface area contributed by atoms with Crippen molar-refractivity contribution in [3.8, 4) is 0 Å². The lowest BCUT2D eigenvalue weighted by molar-refractivity contribution is 0.0800. The first-order chi connectivity index (χ1) is 9.15. The van der Waals surface area contributed by atoms with Gasteiger partial charge in [0.2, 0.25) is 0 Å². The van der Waals surface area contributed by atoms with Crippen molar-refractivity contribution in [3.63, 3.8) is 0 Å². The predicted octanol–water partition coefficient (Wildman–Crippen LogP) is 0.900. The molecule has 0 aliphatic carbocycles. The number of Topliss-reactive ketones (excluding diaryl/α,β-unsaturated/α-hetero) is 1. The van der Waals surface area contributed by atoms with E-state index >= 15 is 0 Å². The molecule has 1 aromatic carbocycles. The minimum absolute atomic E-state index is 0.132. The van der Waals surface area contributed by atoms with Crippen molar-refractivity contribution in [2.24, 2.45) is 0 Å². The maximum atomic E-state index is 12.0. The molecule has 2 rings (SSSR count). The van der Waals surface area contributed by atoms with Crippen molar-refractivity contribution >= 4 is 19.1 Å². The second-order valence-electron chi connectivity index (χ2n) is 5.22. The van der Waals surface area contributed by atoms with E-state index in [4.69, 9.17) is 7.85 Å². The van der Waals surface area contributed by atoms with E-state index in [2.05, 4.69) is 4.90 Å². The maximum absolute atomic E-state index is 12.0. The van der Waals surface area contributed by atoms with Crippen LogP contribution in [0.5, 0.6) is 0 Å². The number of likely N-dealkylation sites (tertiary alicyclic amines) is 1. The minimum Gasteiger partial charge on any atom is -0.393 e. The first-order valence-electron chi connectivity index (χ1n) is 6.94. The van der Waals surface area contributed by atoms with E-state index in [1.54, 1.807) is 24.3 Å². The molecule has 0 aromatic heterocycles. The van der Waals surface area contributed by atoms with Gasteiger partial charge < -0.3 is 10.0 Å². The van der Waals surface area contributed by atoms with Crippen LogP contribution >= 0.6 is 0 Å². The lowest BCUT2D eigenvalue weighted by Gasteiger charge is -2.29. The van der Waals surface area contributed by atoms with Gasteiger partial charge in [-0.15, -0.1) is 0 Å². The van der Waals surface area contributed by atoms with E-state index in [1.807, 2.05) is 0 Å². The smallest absolute Gasteiger partial charge is 0.162 e. The monoisotopic (exact) mass is 257 g/mol. The molecule has 1 aliphatic rings. The number of carbonyl (C=O) groups is 1. The van der Waals surface area contributed by atoms with E-state index < -0.39 is 0 Å². The van der Waals surface area contributed by atoms with Gasteiger partial charge in [-0.3, -0.25) is 4.79 Å². The SMILES string of the molecule is [B]c1ccc(C(=O)CCCN2CCC(O)CC2)cc1. The number of rotatable bonds is 5. The van der Waals surface area contributed by atoms with Gasteiger partial charge in [0.05, 0.1) is 6.10 Å². The van der Waals surface area contributed by atoms with Crippen LogP contribution in [0.2, 0.25) is 0 Å². The molecule has 100 valence electrons. The zero-order valence-corrected chi connectivity index (χ0v) is 11.2. The normalized spacial score (nSPS) is 17.5. The second kappa shape index (κ2) is 6.87. The lowest BCUT2D eigenvalue weighted by Crippen LogP contribution is -2.36. The highest BCUT2D eigenvalue weighted by Crippen LogP contribution is 2.11.